The Bertz CT molecular complexity index is 276. The molecule has 1 nitrogen and oxygen atoms in total. The van der Waals surface area contributed by atoms with Gasteiger partial charge in [0.05, 0.1) is 5.02 Å². The predicted octanol–water partition coefficient (Wildman–Crippen LogP) is 3.12. The van der Waals surface area contributed by atoms with Crippen molar-refractivity contribution in [2.45, 2.75) is 6.61 Å². The molecule has 0 heterocycles. The fourth-order valence-corrected chi connectivity index (χ4v) is 0.896. The third kappa shape index (κ3) is 2.34. The molecule has 0 aromatic heterocycles. The molecular weight excluding hydrogens is 186 g/mol. The first-order chi connectivity index (χ1) is 5.59. The minimum absolute atomic E-state index is 0.0424. The van der Waals surface area contributed by atoms with Crippen molar-refractivity contribution in [3.05, 3.63) is 35.7 Å². The van der Waals surface area contributed by atoms with Gasteiger partial charge in [0, 0.05) is 0 Å². The molecule has 1 aromatic rings. The molecule has 0 N–H and O–H groups in total. The smallest absolute Gasteiger partial charge is 0.387 e. The summed E-state index contributed by atoms with van der Waals surface area (Å²) in [5, 5.41) is 0.155. The summed E-state index contributed by atoms with van der Waals surface area (Å²) in [5.41, 5.74) is 0.579. The number of hydrogen-bond acceptors (Lipinski definition) is 1. The number of ether oxygens (including phenoxy) is 1. The fraction of sp³-hybridized carbons (Fsp3) is 0.125. The van der Waals surface area contributed by atoms with E-state index in [0.29, 0.717) is 5.56 Å². The third-order valence-electron chi connectivity index (χ3n) is 1.21. The minimum Gasteiger partial charge on any atom is -0.433 e. The van der Waals surface area contributed by atoms with Crippen LogP contribution in [0.2, 0.25) is 5.02 Å². The van der Waals surface area contributed by atoms with Gasteiger partial charge in [0.25, 0.3) is 0 Å². The molecule has 0 bridgehead atoms. The Labute approximate surface area is 73.9 Å². The van der Waals surface area contributed by atoms with Crippen molar-refractivity contribution in [2.75, 3.05) is 0 Å². The molecule has 1 aromatic carbocycles. The van der Waals surface area contributed by atoms with Gasteiger partial charge in [0.1, 0.15) is 5.75 Å². The average Bonchev–Trinajstić information content (AvgIpc) is 1.96. The van der Waals surface area contributed by atoms with Gasteiger partial charge in [-0.1, -0.05) is 17.7 Å². The first-order valence-corrected chi connectivity index (χ1v) is 3.53. The highest BCUT2D eigenvalue weighted by atomic mass is 35.5. The van der Waals surface area contributed by atoms with Gasteiger partial charge in [-0.2, -0.15) is 8.78 Å². The summed E-state index contributed by atoms with van der Waals surface area (Å²) in [6.07, 6.45) is 0. The van der Waals surface area contributed by atoms with Crippen LogP contribution in [0.15, 0.2) is 18.2 Å². The van der Waals surface area contributed by atoms with E-state index in [2.05, 4.69) is 11.7 Å². The molecule has 0 aliphatic rings. The second kappa shape index (κ2) is 3.72. The van der Waals surface area contributed by atoms with Crippen LogP contribution < -0.4 is 4.74 Å². The molecule has 1 rings (SSSR count). The van der Waals surface area contributed by atoms with E-state index >= 15 is 0 Å². The summed E-state index contributed by atoms with van der Waals surface area (Å²) in [7, 11) is 0. The van der Waals surface area contributed by atoms with Crippen LogP contribution in [0.3, 0.4) is 0 Å². The van der Waals surface area contributed by atoms with Crippen LogP contribution >= 0.6 is 11.6 Å². The zero-order chi connectivity index (χ0) is 9.14. The van der Waals surface area contributed by atoms with E-state index in [-0.39, 0.29) is 10.8 Å². The quantitative estimate of drug-likeness (QED) is 0.698. The highest BCUT2D eigenvalue weighted by Crippen LogP contribution is 2.26. The monoisotopic (exact) mass is 191 g/mol. The van der Waals surface area contributed by atoms with Crippen molar-refractivity contribution in [3.8, 4) is 5.75 Å². The summed E-state index contributed by atoms with van der Waals surface area (Å²) < 4.78 is 27.6. The van der Waals surface area contributed by atoms with E-state index in [9.17, 15) is 8.78 Å². The summed E-state index contributed by atoms with van der Waals surface area (Å²) in [4.78, 5) is 0. The molecule has 0 unspecified atom stereocenters. The molecule has 12 heavy (non-hydrogen) atoms. The molecule has 0 saturated carbocycles. The van der Waals surface area contributed by atoms with E-state index in [4.69, 9.17) is 11.6 Å². The van der Waals surface area contributed by atoms with E-state index in [1.807, 2.05) is 0 Å². The Hall–Kier alpha value is -0.830. The Morgan fingerprint density at radius 3 is 2.67 bits per heavy atom. The van der Waals surface area contributed by atoms with E-state index < -0.39 is 6.61 Å². The Morgan fingerprint density at radius 1 is 1.42 bits per heavy atom. The van der Waals surface area contributed by atoms with Crippen LogP contribution in [0.4, 0.5) is 8.78 Å². The minimum atomic E-state index is -2.86. The van der Waals surface area contributed by atoms with Crippen molar-refractivity contribution in [1.82, 2.24) is 0 Å². The lowest BCUT2D eigenvalue weighted by atomic mass is 10.2. The van der Waals surface area contributed by atoms with Crippen molar-refractivity contribution >= 4 is 11.6 Å². The number of benzene rings is 1. The molecule has 1 radical (unpaired) electrons. The zero-order valence-electron chi connectivity index (χ0n) is 6.06. The topological polar surface area (TPSA) is 9.23 Å². The lowest BCUT2D eigenvalue weighted by Gasteiger charge is -2.06. The van der Waals surface area contributed by atoms with Crippen molar-refractivity contribution < 1.29 is 13.5 Å². The molecule has 0 aliphatic heterocycles. The van der Waals surface area contributed by atoms with Crippen LogP contribution in [0, 0.1) is 6.92 Å². The zero-order valence-corrected chi connectivity index (χ0v) is 6.81. The molecule has 0 fully saturated rings. The van der Waals surface area contributed by atoms with Gasteiger partial charge in [0.2, 0.25) is 0 Å². The van der Waals surface area contributed by atoms with E-state index in [1.54, 1.807) is 6.07 Å². The molecule has 0 atom stereocenters. The van der Waals surface area contributed by atoms with Gasteiger partial charge in [-0.15, -0.1) is 0 Å². The summed E-state index contributed by atoms with van der Waals surface area (Å²) in [6.45, 7) is 0.689. The largest absolute Gasteiger partial charge is 0.433 e. The van der Waals surface area contributed by atoms with Crippen LogP contribution in [0.1, 0.15) is 5.56 Å². The summed E-state index contributed by atoms with van der Waals surface area (Å²) in [6, 6.07) is 4.43. The first kappa shape index (κ1) is 9.26. The Kier molecular flexibility index (Phi) is 2.87. The van der Waals surface area contributed by atoms with Gasteiger partial charge in [-0.05, 0) is 24.6 Å². The second-order valence-corrected chi connectivity index (χ2v) is 2.55. The van der Waals surface area contributed by atoms with Crippen LogP contribution in [-0.4, -0.2) is 6.61 Å². The predicted molar refractivity (Wildman–Crippen MR) is 42.5 cm³/mol. The van der Waals surface area contributed by atoms with Gasteiger partial charge in [-0.25, -0.2) is 0 Å². The number of hydrogen-bond donors (Lipinski definition) is 0. The summed E-state index contributed by atoms with van der Waals surface area (Å²) in [5.74, 6) is -0.0424. The van der Waals surface area contributed by atoms with E-state index in [1.165, 1.54) is 12.1 Å². The molecule has 65 valence electrons. The third-order valence-corrected chi connectivity index (χ3v) is 1.52. The standard InChI is InChI=1S/C8H6ClF2O/c1-5-2-3-6(9)7(4-5)12-8(10)11/h2-4,8H,1H2. The maximum Gasteiger partial charge on any atom is 0.387 e. The molecule has 0 amide bonds. The van der Waals surface area contributed by atoms with Crippen molar-refractivity contribution in [3.63, 3.8) is 0 Å². The first-order valence-electron chi connectivity index (χ1n) is 3.16. The Morgan fingerprint density at radius 2 is 2.08 bits per heavy atom. The lowest BCUT2D eigenvalue weighted by molar-refractivity contribution is -0.0497. The molecular formula is C8H6ClF2O. The molecule has 0 spiro atoms. The highest BCUT2D eigenvalue weighted by Gasteiger charge is 2.07. The van der Waals surface area contributed by atoms with Gasteiger partial charge in [0.15, 0.2) is 0 Å². The normalized spacial score (nSPS) is 10.4. The van der Waals surface area contributed by atoms with Crippen molar-refractivity contribution in [1.29, 1.82) is 0 Å². The van der Waals surface area contributed by atoms with E-state index in [0.717, 1.165) is 0 Å². The lowest BCUT2D eigenvalue weighted by Crippen LogP contribution is -2.02. The summed E-state index contributed by atoms with van der Waals surface area (Å²) >= 11 is 5.55. The maximum absolute atomic E-state index is 11.7. The number of alkyl halides is 2. The number of rotatable bonds is 2. The molecule has 0 saturated heterocycles. The van der Waals surface area contributed by atoms with Gasteiger partial charge in [-0.3, -0.25) is 0 Å². The maximum atomic E-state index is 11.7. The fourth-order valence-electron chi connectivity index (χ4n) is 0.734. The average molecular weight is 192 g/mol. The van der Waals surface area contributed by atoms with Crippen LogP contribution in [0.25, 0.3) is 0 Å². The SMILES string of the molecule is [CH2]c1ccc(Cl)c(OC(F)F)c1. The number of halogens is 3. The Balaban J connectivity index is 2.90. The van der Waals surface area contributed by atoms with Gasteiger partial charge < -0.3 is 4.74 Å². The van der Waals surface area contributed by atoms with Gasteiger partial charge >= 0.3 is 6.61 Å². The second-order valence-electron chi connectivity index (χ2n) is 2.14. The highest BCUT2D eigenvalue weighted by molar-refractivity contribution is 6.32. The van der Waals surface area contributed by atoms with Crippen molar-refractivity contribution in [2.24, 2.45) is 0 Å². The molecule has 0 aliphatic carbocycles. The van der Waals surface area contributed by atoms with Crippen LogP contribution in [-0.2, 0) is 0 Å². The molecule has 4 heteroatoms. The van der Waals surface area contributed by atoms with Crippen LogP contribution in [0.5, 0.6) is 5.75 Å².